The number of nitro groups is 1. The van der Waals surface area contributed by atoms with E-state index in [0.29, 0.717) is 11.8 Å². The molecule has 3 rings (SSSR count). The lowest BCUT2D eigenvalue weighted by atomic mass is 9.80. The zero-order valence-electron chi connectivity index (χ0n) is 13.2. The second kappa shape index (κ2) is 6.82. The highest BCUT2D eigenvalue weighted by molar-refractivity contribution is 5.40. The number of hydrogen-bond donors (Lipinski definition) is 1. The molecular formula is C19H22N2O2. The molecule has 1 unspecified atom stereocenters. The van der Waals surface area contributed by atoms with Crippen molar-refractivity contribution < 1.29 is 4.92 Å². The quantitative estimate of drug-likeness (QED) is 0.494. The minimum Gasteiger partial charge on any atom is -0.399 e. The van der Waals surface area contributed by atoms with Gasteiger partial charge in [0.05, 0.1) is 4.92 Å². The average Bonchev–Trinajstić information content (AvgIpc) is 3.08. The van der Waals surface area contributed by atoms with Crippen LogP contribution in [0.15, 0.2) is 48.5 Å². The molecule has 0 radical (unpaired) electrons. The lowest BCUT2D eigenvalue weighted by Gasteiger charge is -2.24. The van der Waals surface area contributed by atoms with E-state index in [9.17, 15) is 10.1 Å². The molecule has 1 aliphatic rings. The van der Waals surface area contributed by atoms with Crippen LogP contribution in [0.1, 0.15) is 42.7 Å². The molecule has 1 saturated carbocycles. The van der Waals surface area contributed by atoms with Crippen LogP contribution < -0.4 is 5.73 Å². The van der Waals surface area contributed by atoms with Crippen molar-refractivity contribution in [3.63, 3.8) is 0 Å². The average molecular weight is 310 g/mol. The molecule has 1 fully saturated rings. The van der Waals surface area contributed by atoms with Crippen LogP contribution in [0.2, 0.25) is 0 Å². The van der Waals surface area contributed by atoms with Gasteiger partial charge in [0.2, 0.25) is 0 Å². The number of nitrogen functional groups attached to an aromatic ring is 1. The molecule has 120 valence electrons. The first kappa shape index (κ1) is 15.5. The van der Waals surface area contributed by atoms with Crippen LogP contribution in [0, 0.1) is 16.0 Å². The summed E-state index contributed by atoms with van der Waals surface area (Å²) in [6.07, 6.45) is 6.03. The first-order valence-electron chi connectivity index (χ1n) is 8.22. The van der Waals surface area contributed by atoms with E-state index in [4.69, 9.17) is 5.73 Å². The maximum absolute atomic E-state index is 10.9. The minimum atomic E-state index is -0.339. The Morgan fingerprint density at radius 2 is 1.65 bits per heavy atom. The molecule has 2 N–H and O–H groups in total. The molecule has 0 spiro atoms. The van der Waals surface area contributed by atoms with Gasteiger partial charge in [0.1, 0.15) is 0 Å². The lowest BCUT2D eigenvalue weighted by molar-refractivity contribution is -0.384. The maximum atomic E-state index is 10.9. The van der Waals surface area contributed by atoms with Crippen LogP contribution in [-0.4, -0.2) is 4.92 Å². The molecule has 1 aliphatic carbocycles. The largest absolute Gasteiger partial charge is 0.399 e. The van der Waals surface area contributed by atoms with Crippen molar-refractivity contribution in [2.45, 2.75) is 38.0 Å². The van der Waals surface area contributed by atoms with Crippen LogP contribution >= 0.6 is 0 Å². The van der Waals surface area contributed by atoms with Gasteiger partial charge in [0.15, 0.2) is 0 Å². The molecule has 2 aromatic carbocycles. The van der Waals surface area contributed by atoms with Gasteiger partial charge in [0, 0.05) is 17.8 Å². The van der Waals surface area contributed by atoms with Crippen molar-refractivity contribution in [3.8, 4) is 0 Å². The smallest absolute Gasteiger partial charge is 0.269 e. The molecule has 2 aromatic rings. The Bertz CT molecular complexity index is 659. The maximum Gasteiger partial charge on any atom is 0.269 e. The summed E-state index contributed by atoms with van der Waals surface area (Å²) in [5, 5.41) is 10.9. The highest BCUT2D eigenvalue weighted by Gasteiger charge is 2.26. The Balaban J connectivity index is 1.85. The predicted molar refractivity (Wildman–Crippen MR) is 92.4 cm³/mol. The molecule has 4 nitrogen and oxygen atoms in total. The van der Waals surface area contributed by atoms with Crippen LogP contribution in [-0.2, 0) is 6.42 Å². The summed E-state index contributed by atoms with van der Waals surface area (Å²) >= 11 is 0. The third-order valence-electron chi connectivity index (χ3n) is 4.94. The number of hydrogen-bond acceptors (Lipinski definition) is 3. The topological polar surface area (TPSA) is 69.2 Å². The molecule has 23 heavy (non-hydrogen) atoms. The summed E-state index contributed by atoms with van der Waals surface area (Å²) in [6, 6.07) is 15.2. The van der Waals surface area contributed by atoms with Crippen molar-refractivity contribution in [2.24, 2.45) is 5.92 Å². The Morgan fingerprint density at radius 1 is 1.04 bits per heavy atom. The Labute approximate surface area is 136 Å². The van der Waals surface area contributed by atoms with Crippen molar-refractivity contribution in [1.82, 2.24) is 0 Å². The summed E-state index contributed by atoms with van der Waals surface area (Å²) in [4.78, 5) is 10.5. The van der Waals surface area contributed by atoms with Gasteiger partial charge in [-0.05, 0) is 54.4 Å². The van der Waals surface area contributed by atoms with E-state index in [-0.39, 0.29) is 10.6 Å². The summed E-state index contributed by atoms with van der Waals surface area (Å²) < 4.78 is 0. The third kappa shape index (κ3) is 3.70. The number of anilines is 1. The zero-order chi connectivity index (χ0) is 16.2. The standard InChI is InChI=1S/C19H22N2O2/c20-17-9-5-14(6-10-17)13-19(15-3-1-2-4-15)16-7-11-18(12-8-16)21(22)23/h5-12,15,19H,1-4,13,20H2. The SMILES string of the molecule is Nc1ccc(CC(c2ccc([N+](=O)[O-])cc2)C2CCCC2)cc1. The van der Waals surface area contributed by atoms with Gasteiger partial charge in [-0.1, -0.05) is 37.1 Å². The number of nitrogens with zero attached hydrogens (tertiary/aromatic N) is 1. The summed E-state index contributed by atoms with van der Waals surface area (Å²) in [5.74, 6) is 1.08. The van der Waals surface area contributed by atoms with Gasteiger partial charge in [-0.25, -0.2) is 0 Å². The van der Waals surface area contributed by atoms with E-state index in [2.05, 4.69) is 12.1 Å². The van der Waals surface area contributed by atoms with Gasteiger partial charge < -0.3 is 5.73 Å². The minimum absolute atomic E-state index is 0.159. The van der Waals surface area contributed by atoms with Gasteiger partial charge in [-0.3, -0.25) is 10.1 Å². The molecule has 0 heterocycles. The molecule has 0 bridgehead atoms. The normalized spacial score (nSPS) is 16.3. The number of nitro benzene ring substituents is 1. The van der Waals surface area contributed by atoms with E-state index in [1.807, 2.05) is 24.3 Å². The second-order valence-corrected chi connectivity index (χ2v) is 6.45. The summed E-state index contributed by atoms with van der Waals surface area (Å²) in [5.41, 5.74) is 9.19. The molecule has 0 aliphatic heterocycles. The van der Waals surface area contributed by atoms with E-state index >= 15 is 0 Å². The molecule has 0 amide bonds. The molecule has 0 saturated heterocycles. The van der Waals surface area contributed by atoms with E-state index in [1.54, 1.807) is 12.1 Å². The molecular weight excluding hydrogens is 288 g/mol. The van der Waals surface area contributed by atoms with Crippen LogP contribution in [0.4, 0.5) is 11.4 Å². The summed E-state index contributed by atoms with van der Waals surface area (Å²) in [6.45, 7) is 0. The fraction of sp³-hybridized carbons (Fsp3) is 0.368. The van der Waals surface area contributed by atoms with E-state index in [1.165, 1.54) is 36.8 Å². The van der Waals surface area contributed by atoms with Gasteiger partial charge in [-0.2, -0.15) is 0 Å². The van der Waals surface area contributed by atoms with Gasteiger partial charge in [-0.15, -0.1) is 0 Å². The second-order valence-electron chi connectivity index (χ2n) is 6.45. The first-order chi connectivity index (χ1) is 11.1. The van der Waals surface area contributed by atoms with Crippen LogP contribution in [0.5, 0.6) is 0 Å². The Morgan fingerprint density at radius 3 is 2.22 bits per heavy atom. The number of rotatable bonds is 5. The first-order valence-corrected chi connectivity index (χ1v) is 8.22. The Kier molecular flexibility index (Phi) is 4.60. The van der Waals surface area contributed by atoms with Crippen LogP contribution in [0.3, 0.4) is 0 Å². The highest BCUT2D eigenvalue weighted by atomic mass is 16.6. The number of benzene rings is 2. The fourth-order valence-electron chi connectivity index (χ4n) is 3.67. The predicted octanol–water partition coefficient (Wildman–Crippen LogP) is 4.69. The van der Waals surface area contributed by atoms with Crippen molar-refractivity contribution in [3.05, 3.63) is 69.8 Å². The zero-order valence-corrected chi connectivity index (χ0v) is 13.2. The molecule has 0 aromatic heterocycles. The van der Waals surface area contributed by atoms with E-state index in [0.717, 1.165) is 12.1 Å². The molecule has 4 heteroatoms. The monoisotopic (exact) mass is 310 g/mol. The van der Waals surface area contributed by atoms with Gasteiger partial charge >= 0.3 is 0 Å². The van der Waals surface area contributed by atoms with Crippen molar-refractivity contribution in [2.75, 3.05) is 5.73 Å². The van der Waals surface area contributed by atoms with Crippen molar-refractivity contribution in [1.29, 1.82) is 0 Å². The lowest BCUT2D eigenvalue weighted by Crippen LogP contribution is -2.13. The van der Waals surface area contributed by atoms with Gasteiger partial charge in [0.25, 0.3) is 5.69 Å². The van der Waals surface area contributed by atoms with E-state index < -0.39 is 0 Å². The third-order valence-corrected chi connectivity index (χ3v) is 4.94. The number of non-ortho nitro benzene ring substituents is 1. The Hall–Kier alpha value is -2.36. The summed E-state index contributed by atoms with van der Waals surface area (Å²) in [7, 11) is 0. The fourth-order valence-corrected chi connectivity index (χ4v) is 3.67. The van der Waals surface area contributed by atoms with Crippen LogP contribution in [0.25, 0.3) is 0 Å². The highest BCUT2D eigenvalue weighted by Crippen LogP contribution is 2.39. The van der Waals surface area contributed by atoms with Crippen molar-refractivity contribution >= 4 is 11.4 Å². The molecule has 1 atom stereocenters. The number of nitrogens with two attached hydrogens (primary N) is 1.